The van der Waals surface area contributed by atoms with E-state index in [0.717, 1.165) is 6.92 Å². The maximum atomic E-state index is 12.8. The van der Waals surface area contributed by atoms with Gasteiger partial charge in [0, 0.05) is 5.56 Å². The number of carbonyl (C=O) groups excluding carboxylic acids is 1. The van der Waals surface area contributed by atoms with Crippen molar-refractivity contribution in [3.8, 4) is 5.75 Å². The summed E-state index contributed by atoms with van der Waals surface area (Å²) in [6.07, 6.45) is -4.68. The number of ether oxygens (including phenoxy) is 1. The van der Waals surface area contributed by atoms with Crippen LogP contribution in [0.15, 0.2) is 24.3 Å². The van der Waals surface area contributed by atoms with Crippen LogP contribution < -0.4 is 10.5 Å². The molecular weight excluding hydrogens is 247 g/mol. The van der Waals surface area contributed by atoms with Gasteiger partial charge in [0.2, 0.25) is 11.5 Å². The van der Waals surface area contributed by atoms with Crippen LogP contribution in [0.25, 0.3) is 0 Å². The Morgan fingerprint density at radius 2 is 1.78 bits per heavy atom. The van der Waals surface area contributed by atoms with Crippen molar-refractivity contribution in [2.24, 2.45) is 5.73 Å². The topological polar surface area (TPSA) is 52.3 Å². The van der Waals surface area contributed by atoms with Crippen molar-refractivity contribution in [1.82, 2.24) is 0 Å². The summed E-state index contributed by atoms with van der Waals surface area (Å²) in [5.41, 5.74) is 2.99. The Morgan fingerprint density at radius 1 is 1.28 bits per heavy atom. The van der Waals surface area contributed by atoms with Crippen molar-refractivity contribution < 1.29 is 22.7 Å². The first-order valence-electron chi connectivity index (χ1n) is 5.35. The second kappa shape index (κ2) is 4.88. The molecule has 0 spiro atoms. The van der Waals surface area contributed by atoms with E-state index in [1.807, 2.05) is 0 Å². The molecule has 0 aromatic heterocycles. The van der Waals surface area contributed by atoms with Crippen molar-refractivity contribution in [2.75, 3.05) is 0 Å². The third-order valence-electron chi connectivity index (χ3n) is 2.76. The maximum absolute atomic E-state index is 12.8. The zero-order valence-corrected chi connectivity index (χ0v) is 10.0. The number of benzene rings is 1. The number of amides is 1. The van der Waals surface area contributed by atoms with Gasteiger partial charge < -0.3 is 10.5 Å². The van der Waals surface area contributed by atoms with E-state index < -0.39 is 17.7 Å². The SMILES string of the molecule is CCC(C)(Oc1ccc(C(N)=O)cc1)C(F)(F)F. The lowest BCUT2D eigenvalue weighted by molar-refractivity contribution is -0.242. The predicted molar refractivity (Wildman–Crippen MR) is 60.3 cm³/mol. The lowest BCUT2D eigenvalue weighted by atomic mass is 10.0. The molecule has 3 nitrogen and oxygen atoms in total. The summed E-state index contributed by atoms with van der Waals surface area (Å²) in [6, 6.07) is 5.23. The van der Waals surface area contributed by atoms with Gasteiger partial charge in [0.25, 0.3) is 0 Å². The number of primary amides is 1. The lowest BCUT2D eigenvalue weighted by Gasteiger charge is -2.31. The minimum atomic E-state index is -4.47. The van der Waals surface area contributed by atoms with Crippen LogP contribution in [0.1, 0.15) is 30.6 Å². The molecule has 100 valence electrons. The summed E-state index contributed by atoms with van der Waals surface area (Å²) >= 11 is 0. The van der Waals surface area contributed by atoms with E-state index in [4.69, 9.17) is 10.5 Å². The third-order valence-corrected chi connectivity index (χ3v) is 2.76. The van der Waals surface area contributed by atoms with Gasteiger partial charge in [-0.2, -0.15) is 13.2 Å². The van der Waals surface area contributed by atoms with Crippen LogP contribution in [-0.2, 0) is 0 Å². The molecule has 1 aromatic rings. The largest absolute Gasteiger partial charge is 0.478 e. The number of halogens is 3. The number of carbonyl (C=O) groups is 1. The summed E-state index contributed by atoms with van der Waals surface area (Å²) < 4.78 is 43.4. The van der Waals surface area contributed by atoms with Gasteiger partial charge in [0.05, 0.1) is 0 Å². The molecular formula is C12H14F3NO2. The predicted octanol–water partition coefficient (Wildman–Crippen LogP) is 2.90. The zero-order chi connectivity index (χ0) is 14.0. The van der Waals surface area contributed by atoms with Crippen molar-refractivity contribution in [3.05, 3.63) is 29.8 Å². The number of nitrogens with two attached hydrogens (primary N) is 1. The minimum absolute atomic E-state index is 0.0432. The molecule has 2 N–H and O–H groups in total. The van der Waals surface area contributed by atoms with Crippen LogP contribution in [-0.4, -0.2) is 17.7 Å². The molecule has 0 aliphatic heterocycles. The second-order valence-corrected chi connectivity index (χ2v) is 4.07. The Hall–Kier alpha value is -1.72. The number of hydrogen-bond donors (Lipinski definition) is 1. The minimum Gasteiger partial charge on any atom is -0.478 e. The fourth-order valence-electron chi connectivity index (χ4n) is 1.28. The van der Waals surface area contributed by atoms with Crippen LogP contribution in [0, 0.1) is 0 Å². The molecule has 0 saturated heterocycles. The normalized spacial score (nSPS) is 14.9. The van der Waals surface area contributed by atoms with Crippen molar-refractivity contribution in [3.63, 3.8) is 0 Å². The monoisotopic (exact) mass is 261 g/mol. The van der Waals surface area contributed by atoms with E-state index in [1.165, 1.54) is 31.2 Å². The fourth-order valence-corrected chi connectivity index (χ4v) is 1.28. The molecule has 0 fully saturated rings. The summed E-state index contributed by atoms with van der Waals surface area (Å²) in [4.78, 5) is 10.8. The molecule has 1 rings (SSSR count). The highest BCUT2D eigenvalue weighted by atomic mass is 19.4. The standard InChI is InChI=1S/C12H14F3NO2/c1-3-11(2,12(13,14)15)18-9-6-4-8(5-7-9)10(16)17/h4-7H,3H2,1-2H3,(H2,16,17). The summed E-state index contributed by atoms with van der Waals surface area (Å²) in [5, 5.41) is 0. The fraction of sp³-hybridized carbons (Fsp3) is 0.417. The molecule has 1 atom stereocenters. The third kappa shape index (κ3) is 2.94. The Balaban J connectivity index is 2.93. The van der Waals surface area contributed by atoms with E-state index >= 15 is 0 Å². The number of hydrogen-bond acceptors (Lipinski definition) is 2. The van der Waals surface area contributed by atoms with Gasteiger partial charge in [-0.15, -0.1) is 0 Å². The van der Waals surface area contributed by atoms with Crippen LogP contribution >= 0.6 is 0 Å². The van der Waals surface area contributed by atoms with E-state index in [0.29, 0.717) is 0 Å². The highest BCUT2D eigenvalue weighted by Crippen LogP contribution is 2.36. The van der Waals surface area contributed by atoms with Crippen LogP contribution in [0.3, 0.4) is 0 Å². The van der Waals surface area contributed by atoms with Gasteiger partial charge in [0.15, 0.2) is 0 Å². The van der Waals surface area contributed by atoms with Gasteiger partial charge >= 0.3 is 6.18 Å². The zero-order valence-electron chi connectivity index (χ0n) is 10.0. The number of alkyl halides is 3. The van der Waals surface area contributed by atoms with E-state index in [1.54, 1.807) is 0 Å². The van der Waals surface area contributed by atoms with Crippen molar-refractivity contribution in [2.45, 2.75) is 32.0 Å². The number of rotatable bonds is 4. The van der Waals surface area contributed by atoms with Gasteiger partial charge in [-0.1, -0.05) is 6.92 Å². The second-order valence-electron chi connectivity index (χ2n) is 4.07. The maximum Gasteiger partial charge on any atom is 0.427 e. The molecule has 6 heteroatoms. The average Bonchev–Trinajstić information content (AvgIpc) is 2.28. The Bertz CT molecular complexity index is 428. The Morgan fingerprint density at radius 3 is 2.11 bits per heavy atom. The molecule has 0 aliphatic rings. The van der Waals surface area contributed by atoms with Gasteiger partial charge in [0.1, 0.15) is 5.75 Å². The van der Waals surface area contributed by atoms with Crippen molar-refractivity contribution in [1.29, 1.82) is 0 Å². The quantitative estimate of drug-likeness (QED) is 0.906. The molecule has 0 bridgehead atoms. The molecule has 0 aliphatic carbocycles. The molecule has 18 heavy (non-hydrogen) atoms. The first kappa shape index (κ1) is 14.3. The first-order chi connectivity index (χ1) is 8.19. The molecule has 1 amide bonds. The lowest BCUT2D eigenvalue weighted by Crippen LogP contribution is -2.47. The molecule has 0 heterocycles. The molecule has 0 saturated carbocycles. The van der Waals surface area contributed by atoms with Crippen LogP contribution in [0.2, 0.25) is 0 Å². The Labute approximate surface area is 103 Å². The average molecular weight is 261 g/mol. The molecule has 1 unspecified atom stereocenters. The summed E-state index contributed by atoms with van der Waals surface area (Å²) in [6.45, 7) is 2.38. The van der Waals surface area contributed by atoms with Gasteiger partial charge in [-0.3, -0.25) is 4.79 Å². The molecule has 1 aromatic carbocycles. The van der Waals surface area contributed by atoms with E-state index in [-0.39, 0.29) is 17.7 Å². The van der Waals surface area contributed by atoms with Crippen LogP contribution in [0.5, 0.6) is 5.75 Å². The van der Waals surface area contributed by atoms with Gasteiger partial charge in [-0.05, 0) is 37.6 Å². The van der Waals surface area contributed by atoms with Gasteiger partial charge in [-0.25, -0.2) is 0 Å². The van der Waals surface area contributed by atoms with Crippen LogP contribution in [0.4, 0.5) is 13.2 Å². The highest BCUT2D eigenvalue weighted by Gasteiger charge is 2.52. The smallest absolute Gasteiger partial charge is 0.427 e. The molecule has 0 radical (unpaired) electrons. The first-order valence-corrected chi connectivity index (χ1v) is 5.35. The summed E-state index contributed by atoms with van der Waals surface area (Å²) in [5.74, 6) is -0.600. The van der Waals surface area contributed by atoms with Crippen molar-refractivity contribution >= 4 is 5.91 Å². The van der Waals surface area contributed by atoms with E-state index in [9.17, 15) is 18.0 Å². The summed E-state index contributed by atoms with van der Waals surface area (Å²) in [7, 11) is 0. The highest BCUT2D eigenvalue weighted by molar-refractivity contribution is 5.92. The van der Waals surface area contributed by atoms with E-state index in [2.05, 4.69) is 0 Å². The Kier molecular flexibility index (Phi) is 3.88.